The highest BCUT2D eigenvalue weighted by Crippen LogP contribution is 2.28. The summed E-state index contributed by atoms with van der Waals surface area (Å²) in [5, 5.41) is 3.10. The number of hydrogen-bond donors (Lipinski definition) is 1. The van der Waals surface area contributed by atoms with Crippen molar-refractivity contribution in [3.63, 3.8) is 0 Å². The first-order chi connectivity index (χ1) is 14.4. The van der Waals surface area contributed by atoms with E-state index in [1.165, 1.54) is 23.6 Å². The van der Waals surface area contributed by atoms with Crippen molar-refractivity contribution in [1.29, 1.82) is 0 Å². The minimum absolute atomic E-state index is 0.123. The normalized spacial score (nSPS) is 15.8. The predicted octanol–water partition coefficient (Wildman–Crippen LogP) is 4.73. The van der Waals surface area contributed by atoms with Crippen LogP contribution in [0.15, 0.2) is 53.4 Å². The van der Waals surface area contributed by atoms with Crippen molar-refractivity contribution >= 4 is 21.6 Å². The number of nitrogens with one attached hydrogen (secondary N) is 1. The van der Waals surface area contributed by atoms with Gasteiger partial charge in [0.1, 0.15) is 6.54 Å². The summed E-state index contributed by atoms with van der Waals surface area (Å²) >= 11 is 0. The standard InChI is InChI=1S/C24H32N2O3S/c1-19-12-11-17-23(20(19)2)26(30(28,29)22-15-9-6-10-16-22)18-24(27)25-21-13-7-4-3-5-8-14-21/h6,9-12,15-17,21H,3-5,7-8,13-14,18H2,1-2H3,(H,25,27). The SMILES string of the molecule is Cc1cccc(N(CC(=O)NC2CCCCCCC2)S(=O)(=O)c2ccccc2)c1C. The van der Waals surface area contributed by atoms with Crippen LogP contribution in [-0.2, 0) is 14.8 Å². The molecule has 1 fully saturated rings. The van der Waals surface area contributed by atoms with Crippen LogP contribution in [0, 0.1) is 13.8 Å². The molecular weight excluding hydrogens is 396 g/mol. The molecular formula is C24H32N2O3S. The lowest BCUT2D eigenvalue weighted by molar-refractivity contribution is -0.120. The van der Waals surface area contributed by atoms with Crippen molar-refractivity contribution in [3.8, 4) is 0 Å². The van der Waals surface area contributed by atoms with Crippen LogP contribution in [0.5, 0.6) is 0 Å². The first kappa shape index (κ1) is 22.3. The van der Waals surface area contributed by atoms with Gasteiger partial charge in [-0.1, -0.05) is 62.4 Å². The number of benzene rings is 2. The Bertz CT molecular complexity index is 950. The lowest BCUT2D eigenvalue weighted by Gasteiger charge is -2.28. The molecule has 1 N–H and O–H groups in total. The third-order valence-electron chi connectivity index (χ3n) is 5.93. The number of amides is 1. The molecule has 0 heterocycles. The maximum atomic E-state index is 13.5. The monoisotopic (exact) mass is 428 g/mol. The van der Waals surface area contributed by atoms with Crippen LogP contribution in [0.4, 0.5) is 5.69 Å². The van der Waals surface area contributed by atoms with Gasteiger partial charge in [0.2, 0.25) is 5.91 Å². The van der Waals surface area contributed by atoms with Crippen molar-refractivity contribution in [1.82, 2.24) is 5.32 Å². The van der Waals surface area contributed by atoms with E-state index in [-0.39, 0.29) is 23.4 Å². The fourth-order valence-corrected chi connectivity index (χ4v) is 5.53. The van der Waals surface area contributed by atoms with Gasteiger partial charge in [0.05, 0.1) is 10.6 Å². The topological polar surface area (TPSA) is 66.5 Å². The second kappa shape index (κ2) is 10.1. The van der Waals surface area contributed by atoms with E-state index in [1.807, 2.05) is 26.0 Å². The quantitative estimate of drug-likeness (QED) is 0.723. The third kappa shape index (κ3) is 5.42. The molecule has 1 amide bonds. The molecule has 0 bridgehead atoms. The molecule has 162 valence electrons. The first-order valence-electron chi connectivity index (χ1n) is 10.8. The number of aryl methyl sites for hydroxylation is 1. The van der Waals surface area contributed by atoms with E-state index in [0.29, 0.717) is 5.69 Å². The highest BCUT2D eigenvalue weighted by atomic mass is 32.2. The minimum Gasteiger partial charge on any atom is -0.352 e. The summed E-state index contributed by atoms with van der Waals surface area (Å²) in [7, 11) is -3.87. The van der Waals surface area contributed by atoms with E-state index in [4.69, 9.17) is 0 Å². The fraction of sp³-hybridized carbons (Fsp3) is 0.458. The highest BCUT2D eigenvalue weighted by molar-refractivity contribution is 7.92. The lowest BCUT2D eigenvalue weighted by Crippen LogP contribution is -2.44. The van der Waals surface area contributed by atoms with Crippen LogP contribution in [0.3, 0.4) is 0 Å². The Morgan fingerprint density at radius 1 is 0.933 bits per heavy atom. The van der Waals surface area contributed by atoms with E-state index in [1.54, 1.807) is 36.4 Å². The number of carbonyl (C=O) groups is 1. The van der Waals surface area contributed by atoms with E-state index in [9.17, 15) is 13.2 Å². The molecule has 0 radical (unpaired) electrons. The zero-order chi connectivity index (χ0) is 21.6. The zero-order valence-electron chi connectivity index (χ0n) is 17.9. The molecule has 1 saturated carbocycles. The number of rotatable bonds is 6. The molecule has 2 aromatic rings. The average molecular weight is 429 g/mol. The van der Waals surface area contributed by atoms with Gasteiger partial charge in [-0.2, -0.15) is 0 Å². The number of anilines is 1. The molecule has 1 aliphatic carbocycles. The van der Waals surface area contributed by atoms with Crippen LogP contribution >= 0.6 is 0 Å². The predicted molar refractivity (Wildman–Crippen MR) is 121 cm³/mol. The fourth-order valence-electron chi connectivity index (χ4n) is 4.03. The Morgan fingerprint density at radius 3 is 2.23 bits per heavy atom. The lowest BCUT2D eigenvalue weighted by atomic mass is 9.97. The van der Waals surface area contributed by atoms with Crippen LogP contribution in [0.2, 0.25) is 0 Å². The molecule has 30 heavy (non-hydrogen) atoms. The molecule has 3 rings (SSSR count). The molecule has 0 spiro atoms. The van der Waals surface area contributed by atoms with Crippen molar-refractivity contribution < 1.29 is 13.2 Å². The molecule has 0 atom stereocenters. The summed E-state index contributed by atoms with van der Waals surface area (Å²) in [6.45, 7) is 3.61. The smallest absolute Gasteiger partial charge is 0.264 e. The summed E-state index contributed by atoms with van der Waals surface area (Å²) in [5.74, 6) is -0.249. The first-order valence-corrected chi connectivity index (χ1v) is 12.3. The van der Waals surface area contributed by atoms with Gasteiger partial charge in [0.25, 0.3) is 10.0 Å². The Hall–Kier alpha value is -2.34. The number of hydrogen-bond acceptors (Lipinski definition) is 3. The summed E-state index contributed by atoms with van der Waals surface area (Å²) in [6.07, 6.45) is 7.78. The van der Waals surface area contributed by atoms with Gasteiger partial charge in [0.15, 0.2) is 0 Å². The second-order valence-corrected chi connectivity index (χ2v) is 10.0. The maximum absolute atomic E-state index is 13.5. The zero-order valence-corrected chi connectivity index (χ0v) is 18.7. The minimum atomic E-state index is -3.87. The third-order valence-corrected chi connectivity index (χ3v) is 7.71. The molecule has 0 aromatic heterocycles. The van der Waals surface area contributed by atoms with Crippen LogP contribution in [-0.4, -0.2) is 26.9 Å². The van der Waals surface area contributed by atoms with Gasteiger partial charge in [-0.05, 0) is 56.0 Å². The summed E-state index contributed by atoms with van der Waals surface area (Å²) in [4.78, 5) is 13.1. The Kier molecular flexibility index (Phi) is 7.53. The van der Waals surface area contributed by atoms with E-state index < -0.39 is 10.0 Å². The molecule has 1 aliphatic rings. The number of sulfonamides is 1. The van der Waals surface area contributed by atoms with Gasteiger partial charge in [-0.15, -0.1) is 0 Å². The van der Waals surface area contributed by atoms with E-state index in [0.717, 1.165) is 36.8 Å². The Labute approximate surface area is 180 Å². The molecule has 0 saturated heterocycles. The summed E-state index contributed by atoms with van der Waals surface area (Å²) in [6, 6.07) is 14.0. The van der Waals surface area contributed by atoms with Gasteiger partial charge in [-0.3, -0.25) is 9.10 Å². The van der Waals surface area contributed by atoms with Crippen LogP contribution < -0.4 is 9.62 Å². The van der Waals surface area contributed by atoms with E-state index >= 15 is 0 Å². The molecule has 0 unspecified atom stereocenters. The molecule has 2 aromatic carbocycles. The average Bonchev–Trinajstić information content (AvgIpc) is 2.71. The number of carbonyl (C=O) groups excluding carboxylic acids is 1. The van der Waals surface area contributed by atoms with E-state index in [2.05, 4.69) is 5.32 Å². The second-order valence-electron chi connectivity index (χ2n) is 8.15. The van der Waals surface area contributed by atoms with Crippen molar-refractivity contribution in [2.24, 2.45) is 0 Å². The summed E-state index contributed by atoms with van der Waals surface area (Å²) < 4.78 is 28.2. The van der Waals surface area contributed by atoms with Gasteiger partial charge in [-0.25, -0.2) is 8.42 Å². The van der Waals surface area contributed by atoms with Crippen LogP contribution in [0.25, 0.3) is 0 Å². The Morgan fingerprint density at radius 2 is 1.57 bits per heavy atom. The van der Waals surface area contributed by atoms with Gasteiger partial charge >= 0.3 is 0 Å². The maximum Gasteiger partial charge on any atom is 0.264 e. The van der Waals surface area contributed by atoms with Crippen molar-refractivity contribution in [3.05, 3.63) is 59.7 Å². The Balaban J connectivity index is 1.88. The van der Waals surface area contributed by atoms with Crippen LogP contribution in [0.1, 0.15) is 56.1 Å². The largest absolute Gasteiger partial charge is 0.352 e. The van der Waals surface area contributed by atoms with Gasteiger partial charge in [0, 0.05) is 6.04 Å². The van der Waals surface area contributed by atoms with Crippen molar-refractivity contribution in [2.75, 3.05) is 10.8 Å². The van der Waals surface area contributed by atoms with Gasteiger partial charge < -0.3 is 5.32 Å². The molecule has 5 nitrogen and oxygen atoms in total. The molecule has 6 heteroatoms. The highest BCUT2D eigenvalue weighted by Gasteiger charge is 2.29. The number of nitrogens with zero attached hydrogens (tertiary/aromatic N) is 1. The summed E-state index contributed by atoms with van der Waals surface area (Å²) in [5.41, 5.74) is 2.39. The molecule has 0 aliphatic heterocycles. The van der Waals surface area contributed by atoms with Crippen molar-refractivity contribution in [2.45, 2.75) is 69.7 Å².